The Morgan fingerprint density at radius 3 is 2.17 bits per heavy atom. The van der Waals surface area contributed by atoms with Crippen LogP contribution in [-0.4, -0.2) is 39.9 Å². The molecule has 0 spiro atoms. The standard InChI is InChI=1S/C11H14F3N3O/c1-8-6-15-9(16-7-8)17-4-2-10(18,3-5-17)11(12,13)14/h6-7,18H,2-5H2,1H3. The minimum atomic E-state index is -4.58. The zero-order valence-corrected chi connectivity index (χ0v) is 9.91. The summed E-state index contributed by atoms with van der Waals surface area (Å²) in [5, 5.41) is 9.52. The van der Waals surface area contributed by atoms with Gasteiger partial charge in [0.25, 0.3) is 0 Å². The van der Waals surface area contributed by atoms with E-state index in [-0.39, 0.29) is 25.9 Å². The molecule has 1 N–H and O–H groups in total. The third-order valence-electron chi connectivity index (χ3n) is 3.17. The van der Waals surface area contributed by atoms with Crippen molar-refractivity contribution in [2.75, 3.05) is 18.0 Å². The molecule has 0 saturated carbocycles. The molecular weight excluding hydrogens is 247 g/mol. The maximum atomic E-state index is 12.6. The molecule has 100 valence electrons. The Bertz CT molecular complexity index is 411. The number of hydrogen-bond donors (Lipinski definition) is 1. The van der Waals surface area contributed by atoms with E-state index in [1.54, 1.807) is 17.3 Å². The molecule has 1 aliphatic rings. The number of aryl methyl sites for hydroxylation is 1. The van der Waals surface area contributed by atoms with Crippen LogP contribution in [0.3, 0.4) is 0 Å². The quantitative estimate of drug-likeness (QED) is 0.835. The number of halogens is 3. The molecule has 1 aromatic heterocycles. The molecule has 1 saturated heterocycles. The van der Waals surface area contributed by atoms with Crippen LogP contribution >= 0.6 is 0 Å². The molecule has 0 aromatic carbocycles. The lowest BCUT2D eigenvalue weighted by molar-refractivity contribution is -0.266. The number of rotatable bonds is 1. The fraction of sp³-hybridized carbons (Fsp3) is 0.636. The van der Waals surface area contributed by atoms with Crippen molar-refractivity contribution in [2.24, 2.45) is 0 Å². The van der Waals surface area contributed by atoms with E-state index in [2.05, 4.69) is 9.97 Å². The minimum Gasteiger partial charge on any atom is -0.380 e. The summed E-state index contributed by atoms with van der Waals surface area (Å²) in [4.78, 5) is 9.78. The monoisotopic (exact) mass is 261 g/mol. The Morgan fingerprint density at radius 1 is 1.22 bits per heavy atom. The third-order valence-corrected chi connectivity index (χ3v) is 3.17. The molecule has 0 bridgehead atoms. The van der Waals surface area contributed by atoms with E-state index >= 15 is 0 Å². The first-order chi connectivity index (χ1) is 8.32. The number of anilines is 1. The van der Waals surface area contributed by atoms with Crippen molar-refractivity contribution in [3.05, 3.63) is 18.0 Å². The molecule has 0 unspecified atom stereocenters. The molecule has 7 heteroatoms. The average molecular weight is 261 g/mol. The van der Waals surface area contributed by atoms with Crippen LogP contribution in [0.2, 0.25) is 0 Å². The summed E-state index contributed by atoms with van der Waals surface area (Å²) < 4.78 is 37.8. The van der Waals surface area contributed by atoms with Gasteiger partial charge in [0, 0.05) is 38.3 Å². The van der Waals surface area contributed by atoms with Gasteiger partial charge >= 0.3 is 6.18 Å². The first-order valence-electron chi connectivity index (χ1n) is 5.64. The van der Waals surface area contributed by atoms with Crippen molar-refractivity contribution in [3.63, 3.8) is 0 Å². The summed E-state index contributed by atoms with van der Waals surface area (Å²) >= 11 is 0. The minimum absolute atomic E-state index is 0.0963. The highest BCUT2D eigenvalue weighted by Gasteiger charge is 2.54. The maximum Gasteiger partial charge on any atom is 0.417 e. The van der Waals surface area contributed by atoms with Gasteiger partial charge in [-0.2, -0.15) is 13.2 Å². The van der Waals surface area contributed by atoms with E-state index in [9.17, 15) is 18.3 Å². The molecule has 0 atom stereocenters. The predicted octanol–water partition coefficient (Wildman–Crippen LogP) is 1.68. The van der Waals surface area contributed by atoms with Gasteiger partial charge in [0.15, 0.2) is 5.60 Å². The van der Waals surface area contributed by atoms with Crippen LogP contribution in [0.25, 0.3) is 0 Å². The van der Waals surface area contributed by atoms with Gasteiger partial charge in [-0.25, -0.2) is 9.97 Å². The Balaban J connectivity index is 2.05. The lowest BCUT2D eigenvalue weighted by atomic mass is 9.91. The second kappa shape index (κ2) is 4.38. The number of aliphatic hydroxyl groups is 1. The summed E-state index contributed by atoms with van der Waals surface area (Å²) in [6.07, 6.45) is -2.05. The molecule has 18 heavy (non-hydrogen) atoms. The zero-order valence-electron chi connectivity index (χ0n) is 9.91. The molecule has 4 nitrogen and oxygen atoms in total. The van der Waals surface area contributed by atoms with Crippen LogP contribution < -0.4 is 4.90 Å². The Kier molecular flexibility index (Phi) is 3.18. The van der Waals surface area contributed by atoms with Gasteiger partial charge in [0.1, 0.15) is 0 Å². The van der Waals surface area contributed by atoms with Crippen LogP contribution in [0.5, 0.6) is 0 Å². The van der Waals surface area contributed by atoms with E-state index in [1.807, 2.05) is 6.92 Å². The van der Waals surface area contributed by atoms with E-state index < -0.39 is 11.8 Å². The van der Waals surface area contributed by atoms with E-state index in [0.717, 1.165) is 5.56 Å². The van der Waals surface area contributed by atoms with Crippen molar-refractivity contribution < 1.29 is 18.3 Å². The van der Waals surface area contributed by atoms with Crippen molar-refractivity contribution in [1.29, 1.82) is 0 Å². The Hall–Kier alpha value is -1.37. The van der Waals surface area contributed by atoms with Gasteiger partial charge in [-0.15, -0.1) is 0 Å². The first-order valence-corrected chi connectivity index (χ1v) is 5.64. The molecular formula is C11H14F3N3O. The molecule has 2 rings (SSSR count). The normalized spacial score (nSPS) is 19.9. The van der Waals surface area contributed by atoms with Crippen LogP contribution in [0, 0.1) is 6.92 Å². The van der Waals surface area contributed by atoms with Gasteiger partial charge in [-0.1, -0.05) is 0 Å². The van der Waals surface area contributed by atoms with Gasteiger partial charge < -0.3 is 10.0 Å². The van der Waals surface area contributed by atoms with Crippen LogP contribution in [0.4, 0.5) is 19.1 Å². The zero-order chi connectivity index (χ0) is 13.4. The van der Waals surface area contributed by atoms with Gasteiger partial charge in [-0.3, -0.25) is 0 Å². The Morgan fingerprint density at radius 2 is 1.72 bits per heavy atom. The smallest absolute Gasteiger partial charge is 0.380 e. The lowest BCUT2D eigenvalue weighted by Crippen LogP contribution is -2.53. The topological polar surface area (TPSA) is 49.2 Å². The molecule has 1 fully saturated rings. The third kappa shape index (κ3) is 2.40. The number of alkyl halides is 3. The predicted molar refractivity (Wildman–Crippen MR) is 59.2 cm³/mol. The first kappa shape index (κ1) is 13.1. The fourth-order valence-electron chi connectivity index (χ4n) is 1.91. The second-order valence-electron chi connectivity index (χ2n) is 4.58. The van der Waals surface area contributed by atoms with E-state index in [4.69, 9.17) is 0 Å². The Labute approximate surface area is 102 Å². The van der Waals surface area contributed by atoms with Gasteiger partial charge in [0.05, 0.1) is 0 Å². The van der Waals surface area contributed by atoms with Gasteiger partial charge in [0.2, 0.25) is 5.95 Å². The molecule has 0 aliphatic carbocycles. The van der Waals surface area contributed by atoms with Gasteiger partial charge in [-0.05, 0) is 12.5 Å². The molecule has 2 heterocycles. The van der Waals surface area contributed by atoms with E-state index in [1.165, 1.54) is 0 Å². The average Bonchev–Trinajstić information content (AvgIpc) is 2.30. The number of nitrogens with zero attached hydrogens (tertiary/aromatic N) is 3. The summed E-state index contributed by atoms with van der Waals surface area (Å²) in [7, 11) is 0. The van der Waals surface area contributed by atoms with Crippen LogP contribution in [-0.2, 0) is 0 Å². The summed E-state index contributed by atoms with van der Waals surface area (Å²) in [5.74, 6) is 0.407. The highest BCUT2D eigenvalue weighted by molar-refractivity contribution is 5.31. The molecule has 1 aromatic rings. The van der Waals surface area contributed by atoms with Crippen molar-refractivity contribution in [1.82, 2.24) is 9.97 Å². The summed E-state index contributed by atoms with van der Waals surface area (Å²) in [6, 6.07) is 0. The van der Waals surface area contributed by atoms with E-state index in [0.29, 0.717) is 5.95 Å². The molecule has 0 radical (unpaired) electrons. The number of aromatic nitrogens is 2. The largest absolute Gasteiger partial charge is 0.417 e. The van der Waals surface area contributed by atoms with Crippen molar-refractivity contribution in [3.8, 4) is 0 Å². The highest BCUT2D eigenvalue weighted by atomic mass is 19.4. The summed E-state index contributed by atoms with van der Waals surface area (Å²) in [5.41, 5.74) is -1.68. The lowest BCUT2D eigenvalue weighted by Gasteiger charge is -2.39. The highest BCUT2D eigenvalue weighted by Crippen LogP contribution is 2.38. The molecule has 0 amide bonds. The SMILES string of the molecule is Cc1cnc(N2CCC(O)(C(F)(F)F)CC2)nc1. The second-order valence-corrected chi connectivity index (χ2v) is 4.58. The fourth-order valence-corrected chi connectivity index (χ4v) is 1.91. The van der Waals surface area contributed by atoms with Crippen LogP contribution in [0.1, 0.15) is 18.4 Å². The number of piperidine rings is 1. The molecule has 1 aliphatic heterocycles. The van der Waals surface area contributed by atoms with Crippen LogP contribution in [0.15, 0.2) is 12.4 Å². The number of hydrogen-bond acceptors (Lipinski definition) is 4. The summed E-state index contributed by atoms with van der Waals surface area (Å²) in [6.45, 7) is 2.03. The van der Waals surface area contributed by atoms with Crippen molar-refractivity contribution in [2.45, 2.75) is 31.5 Å². The maximum absolute atomic E-state index is 12.6. The van der Waals surface area contributed by atoms with Crippen molar-refractivity contribution >= 4 is 5.95 Å².